The van der Waals surface area contributed by atoms with E-state index in [1.165, 1.54) is 23.1 Å². The summed E-state index contributed by atoms with van der Waals surface area (Å²) in [5, 5.41) is 20.8. The highest BCUT2D eigenvalue weighted by molar-refractivity contribution is 6.42. The van der Waals surface area contributed by atoms with Gasteiger partial charge in [-0.15, -0.1) is 0 Å². The van der Waals surface area contributed by atoms with Crippen molar-refractivity contribution in [2.45, 2.75) is 26.8 Å². The van der Waals surface area contributed by atoms with Gasteiger partial charge in [-0.25, -0.2) is 0 Å². The Bertz CT molecular complexity index is 990. The molecule has 0 bridgehead atoms. The van der Waals surface area contributed by atoms with E-state index in [9.17, 15) is 19.8 Å². The van der Waals surface area contributed by atoms with Gasteiger partial charge in [0.05, 0.1) is 21.7 Å². The molecule has 0 spiro atoms. The van der Waals surface area contributed by atoms with Crippen LogP contribution in [-0.2, 0) is 9.59 Å². The standard InChI is InChI=1S/C21H19Cl2NO4/c1-21(2,3)19(27)16-17(11-4-7-13(25)8-5-11)24(20(28)18(16)26)12-6-9-14(22)15(23)10-12/h4-10,17,25-26H,1-3H3. The number of phenolic OH excluding ortho intramolecular Hbond substituents is 1. The van der Waals surface area contributed by atoms with Crippen LogP contribution < -0.4 is 4.90 Å². The van der Waals surface area contributed by atoms with Crippen molar-refractivity contribution < 1.29 is 19.8 Å². The van der Waals surface area contributed by atoms with Gasteiger partial charge in [0.2, 0.25) is 0 Å². The Morgan fingerprint density at radius 2 is 1.61 bits per heavy atom. The largest absolute Gasteiger partial charge is 0.508 e. The molecule has 3 rings (SSSR count). The third-order valence-electron chi connectivity index (χ3n) is 4.52. The average Bonchev–Trinajstić information content (AvgIpc) is 2.88. The van der Waals surface area contributed by atoms with Crippen molar-refractivity contribution in [3.05, 3.63) is 69.4 Å². The van der Waals surface area contributed by atoms with Crippen molar-refractivity contribution in [2.24, 2.45) is 5.41 Å². The van der Waals surface area contributed by atoms with Gasteiger partial charge < -0.3 is 10.2 Å². The summed E-state index contributed by atoms with van der Waals surface area (Å²) in [7, 11) is 0. The maximum absolute atomic E-state index is 13.1. The van der Waals surface area contributed by atoms with Gasteiger partial charge in [-0.05, 0) is 35.9 Å². The van der Waals surface area contributed by atoms with Crippen LogP contribution in [0.2, 0.25) is 10.0 Å². The monoisotopic (exact) mass is 419 g/mol. The summed E-state index contributed by atoms with van der Waals surface area (Å²) in [4.78, 5) is 27.3. The SMILES string of the molecule is CC(C)(C)C(=O)C1=C(O)C(=O)N(c2ccc(Cl)c(Cl)c2)C1c1ccc(O)cc1. The predicted octanol–water partition coefficient (Wildman–Crippen LogP) is 5.21. The number of aliphatic hydroxyl groups excluding tert-OH is 1. The van der Waals surface area contributed by atoms with Gasteiger partial charge in [-0.3, -0.25) is 14.5 Å². The summed E-state index contributed by atoms with van der Waals surface area (Å²) < 4.78 is 0. The van der Waals surface area contributed by atoms with Crippen molar-refractivity contribution in [1.82, 2.24) is 0 Å². The molecular formula is C21H19Cl2NO4. The molecule has 28 heavy (non-hydrogen) atoms. The van der Waals surface area contributed by atoms with E-state index in [2.05, 4.69) is 0 Å². The number of benzene rings is 2. The van der Waals surface area contributed by atoms with Gasteiger partial charge in [0.1, 0.15) is 5.75 Å². The van der Waals surface area contributed by atoms with Crippen LogP contribution in [0.1, 0.15) is 32.4 Å². The van der Waals surface area contributed by atoms with Gasteiger partial charge in [0.15, 0.2) is 11.5 Å². The first-order valence-electron chi connectivity index (χ1n) is 8.58. The van der Waals surface area contributed by atoms with Gasteiger partial charge in [0, 0.05) is 11.1 Å². The highest BCUT2D eigenvalue weighted by atomic mass is 35.5. The van der Waals surface area contributed by atoms with Crippen LogP contribution in [0.3, 0.4) is 0 Å². The fraction of sp³-hybridized carbons (Fsp3) is 0.238. The molecule has 2 aromatic carbocycles. The van der Waals surface area contributed by atoms with Crippen LogP contribution in [0.5, 0.6) is 5.75 Å². The number of Topliss-reactive ketones (excluding diaryl/α,β-unsaturated/α-hetero) is 1. The smallest absolute Gasteiger partial charge is 0.294 e. The number of phenols is 1. The molecule has 0 fully saturated rings. The van der Waals surface area contributed by atoms with Crippen LogP contribution >= 0.6 is 23.2 Å². The summed E-state index contributed by atoms with van der Waals surface area (Å²) in [5.41, 5.74) is 0.149. The van der Waals surface area contributed by atoms with E-state index < -0.39 is 23.1 Å². The van der Waals surface area contributed by atoms with Gasteiger partial charge in [-0.1, -0.05) is 56.1 Å². The van der Waals surface area contributed by atoms with Crippen LogP contribution in [0.15, 0.2) is 53.8 Å². The van der Waals surface area contributed by atoms with E-state index in [0.29, 0.717) is 16.3 Å². The summed E-state index contributed by atoms with van der Waals surface area (Å²) >= 11 is 12.1. The number of carbonyl (C=O) groups excluding carboxylic acids is 2. The number of rotatable bonds is 3. The van der Waals surface area contributed by atoms with Crippen molar-refractivity contribution >= 4 is 40.6 Å². The number of hydrogen-bond acceptors (Lipinski definition) is 4. The highest BCUT2D eigenvalue weighted by Crippen LogP contribution is 2.44. The molecule has 0 saturated heterocycles. The second-order valence-corrected chi connectivity index (χ2v) is 8.42. The summed E-state index contributed by atoms with van der Waals surface area (Å²) in [5.74, 6) is -1.60. The third kappa shape index (κ3) is 3.48. The molecule has 2 N–H and O–H groups in total. The van der Waals surface area contributed by atoms with Crippen molar-refractivity contribution in [2.75, 3.05) is 4.90 Å². The number of aliphatic hydroxyl groups is 1. The molecule has 146 valence electrons. The van der Waals surface area contributed by atoms with Crippen LogP contribution in [0.25, 0.3) is 0 Å². The van der Waals surface area contributed by atoms with E-state index in [1.807, 2.05) is 0 Å². The molecule has 1 unspecified atom stereocenters. The first-order valence-corrected chi connectivity index (χ1v) is 9.33. The van der Waals surface area contributed by atoms with E-state index in [0.717, 1.165) is 0 Å². The molecule has 7 heteroatoms. The molecule has 0 aliphatic carbocycles. The van der Waals surface area contributed by atoms with Gasteiger partial charge >= 0.3 is 0 Å². The molecule has 0 saturated carbocycles. The lowest BCUT2D eigenvalue weighted by Crippen LogP contribution is -2.32. The topological polar surface area (TPSA) is 77.8 Å². The lowest BCUT2D eigenvalue weighted by molar-refractivity contribution is -0.123. The number of halogens is 2. The summed E-state index contributed by atoms with van der Waals surface area (Å²) in [6.45, 7) is 5.15. The zero-order valence-corrected chi connectivity index (χ0v) is 17.0. The van der Waals surface area contributed by atoms with Gasteiger partial charge in [0.25, 0.3) is 5.91 Å². The number of nitrogens with zero attached hydrogens (tertiary/aromatic N) is 1. The Kier molecular flexibility index (Phi) is 5.17. The van der Waals surface area contributed by atoms with E-state index in [4.69, 9.17) is 23.2 Å². The number of carbonyl (C=O) groups is 2. The fourth-order valence-corrected chi connectivity index (χ4v) is 3.41. The Hall–Kier alpha value is -2.50. The lowest BCUT2D eigenvalue weighted by Gasteiger charge is -2.29. The molecule has 0 radical (unpaired) electrons. The van der Waals surface area contributed by atoms with Crippen LogP contribution in [0.4, 0.5) is 5.69 Å². The molecule has 1 heterocycles. The lowest BCUT2D eigenvalue weighted by atomic mass is 9.82. The number of ketones is 1. The second kappa shape index (κ2) is 7.15. The fourth-order valence-electron chi connectivity index (χ4n) is 3.11. The number of aromatic hydroxyl groups is 1. The van der Waals surface area contributed by atoms with Crippen molar-refractivity contribution in [1.29, 1.82) is 0 Å². The first kappa shape index (κ1) is 20.2. The molecule has 2 aromatic rings. The number of hydrogen-bond donors (Lipinski definition) is 2. The quantitative estimate of drug-likeness (QED) is 0.714. The Balaban J connectivity index is 2.22. The second-order valence-electron chi connectivity index (χ2n) is 7.61. The zero-order chi connectivity index (χ0) is 20.8. The minimum atomic E-state index is -0.864. The minimum Gasteiger partial charge on any atom is -0.508 e. The van der Waals surface area contributed by atoms with E-state index in [-0.39, 0.29) is 22.1 Å². The van der Waals surface area contributed by atoms with Gasteiger partial charge in [-0.2, -0.15) is 0 Å². The Labute approximate surface area is 172 Å². The van der Waals surface area contributed by atoms with Crippen molar-refractivity contribution in [3.63, 3.8) is 0 Å². The number of amides is 1. The molecule has 5 nitrogen and oxygen atoms in total. The summed E-state index contributed by atoms with van der Waals surface area (Å²) in [6, 6.07) is 9.91. The maximum atomic E-state index is 13.1. The molecule has 1 aliphatic heterocycles. The zero-order valence-electron chi connectivity index (χ0n) is 15.5. The molecule has 0 aromatic heterocycles. The van der Waals surface area contributed by atoms with Crippen LogP contribution in [0, 0.1) is 5.41 Å². The normalized spacial score (nSPS) is 17.4. The first-order chi connectivity index (χ1) is 13.0. The van der Waals surface area contributed by atoms with E-state index >= 15 is 0 Å². The minimum absolute atomic E-state index is 0.00858. The van der Waals surface area contributed by atoms with E-state index in [1.54, 1.807) is 45.0 Å². The third-order valence-corrected chi connectivity index (χ3v) is 5.26. The number of anilines is 1. The molecular weight excluding hydrogens is 401 g/mol. The Morgan fingerprint density at radius 1 is 1.00 bits per heavy atom. The van der Waals surface area contributed by atoms with Crippen molar-refractivity contribution in [3.8, 4) is 5.75 Å². The maximum Gasteiger partial charge on any atom is 0.294 e. The predicted molar refractivity (Wildman–Crippen MR) is 109 cm³/mol. The molecule has 1 aliphatic rings. The summed E-state index contributed by atoms with van der Waals surface area (Å²) in [6.07, 6.45) is 0. The molecule has 1 amide bonds. The average molecular weight is 420 g/mol. The van der Waals surface area contributed by atoms with Crippen LogP contribution in [-0.4, -0.2) is 21.9 Å². The Morgan fingerprint density at radius 3 is 2.14 bits per heavy atom. The molecule has 1 atom stereocenters. The highest BCUT2D eigenvalue weighted by Gasteiger charge is 2.46.